The maximum atomic E-state index is 12.2. The molecule has 1 aliphatic rings. The monoisotopic (exact) mass is 274 g/mol. The number of benzene rings is 1. The van der Waals surface area contributed by atoms with Gasteiger partial charge in [-0.1, -0.05) is 38.1 Å². The van der Waals surface area contributed by atoms with Gasteiger partial charge < -0.3 is 10.2 Å². The number of amides is 2. The second-order valence-electron chi connectivity index (χ2n) is 5.80. The first-order valence-corrected chi connectivity index (χ1v) is 7.08. The van der Waals surface area contributed by atoms with Crippen molar-refractivity contribution in [2.24, 2.45) is 5.92 Å². The van der Waals surface area contributed by atoms with Crippen LogP contribution in [0.25, 0.3) is 0 Å². The Labute approximate surface area is 120 Å². The van der Waals surface area contributed by atoms with Crippen molar-refractivity contribution >= 4 is 11.8 Å². The van der Waals surface area contributed by atoms with E-state index in [4.69, 9.17) is 0 Å². The quantitative estimate of drug-likeness (QED) is 0.911. The van der Waals surface area contributed by atoms with Gasteiger partial charge in [0.25, 0.3) is 0 Å². The summed E-state index contributed by atoms with van der Waals surface area (Å²) in [5.74, 6) is 0.316. The van der Waals surface area contributed by atoms with Crippen molar-refractivity contribution in [1.29, 1.82) is 0 Å². The Morgan fingerprint density at radius 3 is 2.50 bits per heavy atom. The van der Waals surface area contributed by atoms with E-state index in [0.717, 1.165) is 5.56 Å². The molecule has 20 heavy (non-hydrogen) atoms. The van der Waals surface area contributed by atoms with E-state index in [0.29, 0.717) is 25.4 Å². The predicted molar refractivity (Wildman–Crippen MR) is 78.1 cm³/mol. The van der Waals surface area contributed by atoms with E-state index < -0.39 is 0 Å². The van der Waals surface area contributed by atoms with Crippen LogP contribution in [0.15, 0.2) is 24.3 Å². The summed E-state index contributed by atoms with van der Waals surface area (Å²) in [4.78, 5) is 25.1. The highest BCUT2D eigenvalue weighted by atomic mass is 16.2. The number of hydrogen-bond acceptors (Lipinski definition) is 2. The third-order valence-corrected chi connectivity index (χ3v) is 3.77. The van der Waals surface area contributed by atoms with Crippen molar-refractivity contribution in [1.82, 2.24) is 10.2 Å². The Balaban J connectivity index is 1.95. The minimum absolute atomic E-state index is 0.0296. The van der Waals surface area contributed by atoms with Crippen LogP contribution in [0.5, 0.6) is 0 Å². The van der Waals surface area contributed by atoms with Crippen molar-refractivity contribution in [2.75, 3.05) is 13.6 Å². The van der Waals surface area contributed by atoms with E-state index in [1.54, 1.807) is 11.9 Å². The zero-order valence-corrected chi connectivity index (χ0v) is 12.3. The summed E-state index contributed by atoms with van der Waals surface area (Å²) >= 11 is 0. The molecule has 108 valence electrons. The Morgan fingerprint density at radius 2 is 2.00 bits per heavy atom. The highest BCUT2D eigenvalue weighted by Gasteiger charge is 2.29. The van der Waals surface area contributed by atoms with E-state index in [2.05, 4.69) is 43.4 Å². The third kappa shape index (κ3) is 3.38. The lowest BCUT2D eigenvalue weighted by Crippen LogP contribution is -2.33. The van der Waals surface area contributed by atoms with Crippen molar-refractivity contribution in [2.45, 2.75) is 32.7 Å². The number of hydrogen-bond donors (Lipinski definition) is 1. The van der Waals surface area contributed by atoms with Gasteiger partial charge in [0.05, 0.1) is 5.92 Å². The fraction of sp³-hybridized carbons (Fsp3) is 0.500. The largest absolute Gasteiger partial charge is 0.355 e. The Morgan fingerprint density at radius 1 is 1.35 bits per heavy atom. The van der Waals surface area contributed by atoms with Crippen LogP contribution in [0.3, 0.4) is 0 Å². The molecule has 2 amide bonds. The van der Waals surface area contributed by atoms with E-state index in [1.165, 1.54) is 5.56 Å². The molecule has 1 aromatic rings. The molecule has 1 N–H and O–H groups in total. The Hall–Kier alpha value is -1.84. The SMILES string of the molecule is CC(C)c1ccc(CN(C)C(=O)C2CNC(=O)C2)cc1. The van der Waals surface area contributed by atoms with Crippen LogP contribution in [-0.2, 0) is 16.1 Å². The lowest BCUT2D eigenvalue weighted by molar-refractivity contribution is -0.135. The van der Waals surface area contributed by atoms with E-state index >= 15 is 0 Å². The van der Waals surface area contributed by atoms with Crippen LogP contribution >= 0.6 is 0 Å². The number of rotatable bonds is 4. The van der Waals surface area contributed by atoms with Gasteiger partial charge in [0.15, 0.2) is 0 Å². The third-order valence-electron chi connectivity index (χ3n) is 3.77. The molecule has 1 aromatic carbocycles. The molecule has 1 heterocycles. The molecule has 0 spiro atoms. The van der Waals surface area contributed by atoms with Gasteiger partial charge in [-0.25, -0.2) is 0 Å². The topological polar surface area (TPSA) is 49.4 Å². The molecule has 0 bridgehead atoms. The number of nitrogens with one attached hydrogen (secondary N) is 1. The molecule has 0 saturated carbocycles. The maximum Gasteiger partial charge on any atom is 0.228 e. The minimum Gasteiger partial charge on any atom is -0.355 e. The number of carbonyl (C=O) groups is 2. The fourth-order valence-electron chi connectivity index (χ4n) is 2.45. The average Bonchev–Trinajstić information content (AvgIpc) is 2.85. The number of carbonyl (C=O) groups excluding carboxylic acids is 2. The average molecular weight is 274 g/mol. The molecule has 0 radical (unpaired) electrons. The standard InChI is InChI=1S/C16H22N2O2/c1-11(2)13-6-4-12(5-7-13)10-18(3)16(20)14-8-15(19)17-9-14/h4-7,11,14H,8-10H2,1-3H3,(H,17,19). The predicted octanol–water partition coefficient (Wildman–Crippen LogP) is 1.90. The summed E-state index contributed by atoms with van der Waals surface area (Å²) in [6.07, 6.45) is 0.315. The summed E-state index contributed by atoms with van der Waals surface area (Å²) < 4.78 is 0. The lowest BCUT2D eigenvalue weighted by atomic mass is 10.0. The molecule has 2 rings (SSSR count). The van der Waals surface area contributed by atoms with Crippen molar-refractivity contribution in [3.05, 3.63) is 35.4 Å². The van der Waals surface area contributed by atoms with E-state index in [9.17, 15) is 9.59 Å². The second kappa shape index (κ2) is 6.07. The Bertz CT molecular complexity index is 494. The van der Waals surface area contributed by atoms with Crippen LogP contribution in [-0.4, -0.2) is 30.3 Å². The zero-order chi connectivity index (χ0) is 14.7. The van der Waals surface area contributed by atoms with E-state index in [1.807, 2.05) is 0 Å². The first-order chi connectivity index (χ1) is 9.47. The summed E-state index contributed by atoms with van der Waals surface area (Å²) in [5.41, 5.74) is 2.41. The molecule has 1 unspecified atom stereocenters. The van der Waals surface area contributed by atoms with Crippen molar-refractivity contribution in [3.8, 4) is 0 Å². The molecule has 1 saturated heterocycles. The molecule has 4 nitrogen and oxygen atoms in total. The van der Waals surface area contributed by atoms with Gasteiger partial charge in [-0.3, -0.25) is 9.59 Å². The summed E-state index contributed by atoms with van der Waals surface area (Å²) in [7, 11) is 1.79. The van der Waals surface area contributed by atoms with Gasteiger partial charge >= 0.3 is 0 Å². The van der Waals surface area contributed by atoms with Gasteiger partial charge in [0.1, 0.15) is 0 Å². The molecule has 1 aliphatic heterocycles. The summed E-state index contributed by atoms with van der Waals surface area (Å²) in [5, 5.41) is 2.70. The van der Waals surface area contributed by atoms with Crippen molar-refractivity contribution in [3.63, 3.8) is 0 Å². The molecular formula is C16H22N2O2. The van der Waals surface area contributed by atoms with Gasteiger partial charge in [-0.15, -0.1) is 0 Å². The fourth-order valence-corrected chi connectivity index (χ4v) is 2.45. The maximum absolute atomic E-state index is 12.2. The second-order valence-corrected chi connectivity index (χ2v) is 5.80. The van der Waals surface area contributed by atoms with Gasteiger partial charge in [0.2, 0.25) is 11.8 Å². The lowest BCUT2D eigenvalue weighted by Gasteiger charge is -2.20. The summed E-state index contributed by atoms with van der Waals surface area (Å²) in [6.45, 7) is 5.37. The van der Waals surface area contributed by atoms with Crippen LogP contribution in [0.2, 0.25) is 0 Å². The first-order valence-electron chi connectivity index (χ1n) is 7.08. The number of nitrogens with zero attached hydrogens (tertiary/aromatic N) is 1. The van der Waals surface area contributed by atoms with Crippen LogP contribution < -0.4 is 5.32 Å². The molecule has 0 aliphatic carbocycles. The summed E-state index contributed by atoms with van der Waals surface area (Å²) in [6, 6.07) is 8.35. The van der Waals surface area contributed by atoms with Crippen LogP contribution in [0, 0.1) is 5.92 Å². The van der Waals surface area contributed by atoms with Gasteiger partial charge in [-0.2, -0.15) is 0 Å². The first kappa shape index (κ1) is 14.6. The van der Waals surface area contributed by atoms with E-state index in [-0.39, 0.29) is 17.7 Å². The van der Waals surface area contributed by atoms with Crippen LogP contribution in [0.1, 0.15) is 37.3 Å². The molecule has 0 aromatic heterocycles. The molecule has 1 atom stereocenters. The Kier molecular flexibility index (Phi) is 4.42. The normalized spacial score (nSPS) is 18.2. The highest BCUT2D eigenvalue weighted by molar-refractivity contribution is 5.89. The molecule has 1 fully saturated rings. The van der Waals surface area contributed by atoms with Gasteiger partial charge in [-0.05, 0) is 17.0 Å². The molecule has 4 heteroatoms. The minimum atomic E-state index is -0.206. The van der Waals surface area contributed by atoms with Gasteiger partial charge in [0, 0.05) is 26.6 Å². The van der Waals surface area contributed by atoms with Crippen LogP contribution in [0.4, 0.5) is 0 Å². The molecular weight excluding hydrogens is 252 g/mol. The van der Waals surface area contributed by atoms with Crippen molar-refractivity contribution < 1.29 is 9.59 Å². The zero-order valence-electron chi connectivity index (χ0n) is 12.3. The smallest absolute Gasteiger partial charge is 0.228 e. The highest BCUT2D eigenvalue weighted by Crippen LogP contribution is 2.17.